The summed E-state index contributed by atoms with van der Waals surface area (Å²) in [6, 6.07) is 47.1. The first-order valence-electron chi connectivity index (χ1n) is 17.5. The van der Waals surface area contributed by atoms with Crippen molar-refractivity contribution >= 4 is 6.08 Å². The van der Waals surface area contributed by atoms with Crippen molar-refractivity contribution in [2.45, 2.75) is 67.2 Å². The molecule has 0 bridgehead atoms. The van der Waals surface area contributed by atoms with E-state index in [0.29, 0.717) is 0 Å². The first kappa shape index (κ1) is 36.9. The van der Waals surface area contributed by atoms with E-state index >= 15 is 0 Å². The predicted octanol–water partition coefficient (Wildman–Crippen LogP) is 13.3. The third-order valence-electron chi connectivity index (χ3n) is 8.47. The van der Waals surface area contributed by atoms with Crippen LogP contribution in [0.4, 0.5) is 0 Å². The summed E-state index contributed by atoms with van der Waals surface area (Å²) in [6.45, 7) is 17.7. The number of allylic oxidation sites excluding steroid dienone is 5. The van der Waals surface area contributed by atoms with Gasteiger partial charge in [0, 0.05) is 78.0 Å². The molecule has 1 aliphatic rings. The highest BCUT2D eigenvalue weighted by Crippen LogP contribution is 2.31. The largest absolute Gasteiger partial charge is 0.0967 e. The van der Waals surface area contributed by atoms with E-state index in [1.807, 2.05) is 0 Å². The Bertz CT molecular complexity index is 1700. The smallest absolute Gasteiger partial charge is 0.0622 e. The summed E-state index contributed by atoms with van der Waals surface area (Å²) in [4.78, 5) is 0. The minimum Gasteiger partial charge on any atom is -0.0622 e. The number of benzene rings is 5. The van der Waals surface area contributed by atoms with E-state index < -0.39 is 0 Å². The Morgan fingerprint density at radius 1 is 0.531 bits per heavy atom. The molecule has 0 nitrogen and oxygen atoms in total. The first-order chi connectivity index (χ1) is 23.3. The van der Waals surface area contributed by atoms with E-state index in [1.54, 1.807) is 0 Å². The van der Waals surface area contributed by atoms with Gasteiger partial charge in [0.1, 0.15) is 0 Å². The molecule has 0 atom stereocenters. The van der Waals surface area contributed by atoms with Crippen molar-refractivity contribution < 1.29 is 0 Å². The first-order valence-corrected chi connectivity index (χ1v) is 17.5. The number of aryl methyl sites for hydroxylation is 2. The molecule has 0 heterocycles. The molecule has 0 unspecified atom stereocenters. The molecule has 6 rings (SSSR count). The number of hydrogen-bond acceptors (Lipinski definition) is 0. The molecule has 49 heavy (non-hydrogen) atoms. The van der Waals surface area contributed by atoms with Gasteiger partial charge in [-0.3, -0.25) is 0 Å². The van der Waals surface area contributed by atoms with Gasteiger partial charge in [-0.1, -0.05) is 93.6 Å². The molecule has 1 aliphatic carbocycles. The molecule has 0 radical (unpaired) electrons. The topological polar surface area (TPSA) is 0 Å². The van der Waals surface area contributed by atoms with Crippen molar-refractivity contribution in [3.05, 3.63) is 220 Å². The van der Waals surface area contributed by atoms with E-state index in [0.717, 1.165) is 6.42 Å². The lowest BCUT2D eigenvalue weighted by Gasteiger charge is -2.18. The fourth-order valence-corrected chi connectivity index (χ4v) is 5.30. The molecule has 0 aliphatic heterocycles. The third kappa shape index (κ3) is 12.9. The van der Waals surface area contributed by atoms with Crippen LogP contribution in [0.3, 0.4) is 0 Å². The van der Waals surface area contributed by atoms with Gasteiger partial charge in [0.05, 0.1) is 16.7 Å². The van der Waals surface area contributed by atoms with Crippen molar-refractivity contribution in [2.24, 2.45) is 5.41 Å². The summed E-state index contributed by atoms with van der Waals surface area (Å²) in [5.74, 6) is 0. The van der Waals surface area contributed by atoms with Crippen molar-refractivity contribution in [1.82, 2.24) is 0 Å². The van der Waals surface area contributed by atoms with Crippen LogP contribution in [-0.2, 0) is 11.8 Å². The van der Waals surface area contributed by atoms with Crippen LogP contribution >= 0.6 is 0 Å². The van der Waals surface area contributed by atoms with Gasteiger partial charge in [-0.15, -0.1) is 0 Å². The Morgan fingerprint density at radius 2 is 1.00 bits per heavy atom. The van der Waals surface area contributed by atoms with E-state index in [4.69, 9.17) is 0 Å². The average molecular weight is 643 g/mol. The molecule has 0 amide bonds. The van der Waals surface area contributed by atoms with Crippen LogP contribution in [0.1, 0.15) is 86.1 Å². The molecule has 0 N–H and O–H groups in total. The van der Waals surface area contributed by atoms with Crippen LogP contribution in [0.15, 0.2) is 163 Å². The quantitative estimate of drug-likeness (QED) is 0.167. The SMILES string of the molecule is CC(C)(C)C1=C[CH+]C(=Cc2ccc(C(C)(C)C)cc2)C=C1.Cc1ccc([CH+]c2ccc(C)cc2)cc1.c1ccc(Cc2ccccc2)cc1. The van der Waals surface area contributed by atoms with Crippen molar-refractivity contribution in [2.75, 3.05) is 0 Å². The molecule has 0 spiro atoms. The molecule has 0 heteroatoms. The van der Waals surface area contributed by atoms with Gasteiger partial charge in [0.25, 0.3) is 0 Å². The summed E-state index contributed by atoms with van der Waals surface area (Å²) >= 11 is 0. The lowest BCUT2D eigenvalue weighted by atomic mass is 9.82. The summed E-state index contributed by atoms with van der Waals surface area (Å²) in [6.07, 6.45) is 14.3. The average Bonchev–Trinajstić information content (AvgIpc) is 3.08. The molecule has 5 aromatic rings. The zero-order chi connectivity index (χ0) is 35.3. The van der Waals surface area contributed by atoms with Gasteiger partial charge >= 0.3 is 0 Å². The van der Waals surface area contributed by atoms with Crippen LogP contribution in [0.5, 0.6) is 0 Å². The summed E-state index contributed by atoms with van der Waals surface area (Å²) < 4.78 is 0. The van der Waals surface area contributed by atoms with Gasteiger partial charge in [-0.05, 0) is 111 Å². The normalized spacial score (nSPS) is 13.2. The summed E-state index contributed by atoms with van der Waals surface area (Å²) in [7, 11) is 0. The van der Waals surface area contributed by atoms with Crippen LogP contribution in [0, 0.1) is 32.1 Å². The fraction of sp³-hybridized carbons (Fsp3) is 0.224. The Kier molecular flexibility index (Phi) is 13.1. The van der Waals surface area contributed by atoms with Gasteiger partial charge in [0.2, 0.25) is 0 Å². The Hall–Kier alpha value is -4.94. The van der Waals surface area contributed by atoms with Gasteiger partial charge < -0.3 is 0 Å². The zero-order valence-corrected chi connectivity index (χ0v) is 30.9. The highest BCUT2D eigenvalue weighted by molar-refractivity contribution is 5.62. The molecule has 0 fully saturated rings. The third-order valence-corrected chi connectivity index (χ3v) is 8.47. The maximum Gasteiger partial charge on any atom is 0.0967 e. The Balaban J connectivity index is 0.000000171. The van der Waals surface area contributed by atoms with Gasteiger partial charge in [-0.25, -0.2) is 0 Å². The minimum absolute atomic E-state index is 0.215. The second kappa shape index (κ2) is 17.5. The lowest BCUT2D eigenvalue weighted by Crippen LogP contribution is -2.10. The van der Waals surface area contributed by atoms with E-state index in [2.05, 4.69) is 226 Å². The molecule has 0 saturated heterocycles. The predicted molar refractivity (Wildman–Crippen MR) is 215 cm³/mol. The van der Waals surface area contributed by atoms with Gasteiger partial charge in [-0.2, -0.15) is 0 Å². The Morgan fingerprint density at radius 3 is 1.39 bits per heavy atom. The van der Waals surface area contributed by atoms with Crippen LogP contribution in [-0.4, -0.2) is 0 Å². The highest BCUT2D eigenvalue weighted by atomic mass is 14.2. The molecular formula is C49H54+2. The highest BCUT2D eigenvalue weighted by Gasteiger charge is 2.22. The van der Waals surface area contributed by atoms with Crippen LogP contribution in [0.2, 0.25) is 0 Å². The van der Waals surface area contributed by atoms with Crippen molar-refractivity contribution in [1.29, 1.82) is 0 Å². The maximum absolute atomic E-state index is 2.25. The molecule has 0 aromatic heterocycles. The van der Waals surface area contributed by atoms with Crippen molar-refractivity contribution in [3.8, 4) is 0 Å². The van der Waals surface area contributed by atoms with Crippen LogP contribution in [0.25, 0.3) is 6.08 Å². The summed E-state index contributed by atoms with van der Waals surface area (Å²) in [5.41, 5.74) is 13.5. The zero-order valence-electron chi connectivity index (χ0n) is 30.9. The van der Waals surface area contributed by atoms with E-state index in [-0.39, 0.29) is 10.8 Å². The molecule has 0 saturated carbocycles. The van der Waals surface area contributed by atoms with Crippen LogP contribution < -0.4 is 0 Å². The molecular weight excluding hydrogens is 589 g/mol. The number of rotatable bonds is 5. The second-order valence-electron chi connectivity index (χ2n) is 15.0. The lowest BCUT2D eigenvalue weighted by molar-refractivity contribution is 0.516. The van der Waals surface area contributed by atoms with Gasteiger partial charge in [0.15, 0.2) is 0 Å². The standard InChI is InChI=1S/C21H27.C15H15.C13H12/c1-20(2,3)18-11-7-16(8-12-18)15-17-9-13-19(14-10-17)21(4,5)6;1-12-3-7-14(8-4-12)11-15-9-5-13(2)6-10-15;1-3-7-12(8-4-1)11-13-9-5-2-6-10-13/h7-15H,1-6H3;3-11H,1-2H3;1-10H,11H2/q2*+1;. The number of hydrogen-bond donors (Lipinski definition) is 0. The maximum atomic E-state index is 2.25. The minimum atomic E-state index is 0.215. The van der Waals surface area contributed by atoms with E-state index in [1.165, 1.54) is 55.7 Å². The molecule has 5 aromatic carbocycles. The summed E-state index contributed by atoms with van der Waals surface area (Å²) in [5, 5.41) is 0. The monoisotopic (exact) mass is 642 g/mol. The Labute approximate surface area is 298 Å². The fourth-order valence-electron chi connectivity index (χ4n) is 5.30. The van der Waals surface area contributed by atoms with E-state index in [9.17, 15) is 0 Å². The van der Waals surface area contributed by atoms with Crippen molar-refractivity contribution in [3.63, 3.8) is 0 Å². The second-order valence-corrected chi connectivity index (χ2v) is 15.0. The molecule has 248 valence electrons.